The Kier molecular flexibility index (Phi) is 14.9. The second-order valence-electron chi connectivity index (χ2n) is 14.7. The third kappa shape index (κ3) is 11.2. The summed E-state index contributed by atoms with van der Waals surface area (Å²) in [4.78, 5) is 0. The lowest BCUT2D eigenvalue weighted by Gasteiger charge is -2.31. The van der Waals surface area contributed by atoms with Gasteiger partial charge in [-0.05, 0) is 71.9 Å². The van der Waals surface area contributed by atoms with Crippen LogP contribution in [0, 0.1) is 11.8 Å². The minimum atomic E-state index is -3.71. The van der Waals surface area contributed by atoms with Crippen LogP contribution in [0.5, 0.6) is 23.0 Å². The quantitative estimate of drug-likeness (QED) is 0.0916. The van der Waals surface area contributed by atoms with Gasteiger partial charge in [0.15, 0.2) is 9.84 Å². The Morgan fingerprint density at radius 1 is 0.459 bits per heavy atom. The van der Waals surface area contributed by atoms with Crippen LogP contribution in [-0.2, 0) is 19.3 Å². The van der Waals surface area contributed by atoms with E-state index in [1.807, 2.05) is 182 Å². The van der Waals surface area contributed by atoms with E-state index >= 15 is 0 Å². The molecule has 0 saturated heterocycles. The van der Waals surface area contributed by atoms with Crippen LogP contribution >= 0.6 is 0 Å². The number of benzene rings is 4. The zero-order valence-corrected chi connectivity index (χ0v) is 36.4. The van der Waals surface area contributed by atoms with Gasteiger partial charge >= 0.3 is 0 Å². The third-order valence-electron chi connectivity index (χ3n) is 10.9. The molecule has 0 heterocycles. The molecular weight excluding hydrogens is 785 g/mol. The van der Waals surface area contributed by atoms with Gasteiger partial charge in [0.2, 0.25) is 0 Å². The minimum absolute atomic E-state index is 0.126. The van der Waals surface area contributed by atoms with Gasteiger partial charge in [0.1, 0.15) is 34.2 Å². The highest BCUT2D eigenvalue weighted by molar-refractivity contribution is 7.91. The van der Waals surface area contributed by atoms with Gasteiger partial charge in [0, 0.05) is 48.3 Å². The van der Waals surface area contributed by atoms with Crippen molar-refractivity contribution in [2.24, 2.45) is 11.8 Å². The van der Waals surface area contributed by atoms with Crippen molar-refractivity contribution >= 4 is 34.1 Å². The largest absolute Gasteiger partial charge is 0.496 e. The molecule has 0 spiro atoms. The summed E-state index contributed by atoms with van der Waals surface area (Å²) in [7, 11) is 6.10. The molecule has 4 aromatic carbocycles. The van der Waals surface area contributed by atoms with Gasteiger partial charge < -0.3 is 28.4 Å². The van der Waals surface area contributed by atoms with Gasteiger partial charge in [-0.2, -0.15) is 0 Å². The normalized spacial score (nSPS) is 21.6. The predicted molar refractivity (Wildman–Crippen MR) is 248 cm³/mol. The summed E-state index contributed by atoms with van der Waals surface area (Å²) >= 11 is 0. The first-order valence-corrected chi connectivity index (χ1v) is 21.8. The van der Waals surface area contributed by atoms with Gasteiger partial charge in [0.05, 0.1) is 39.9 Å². The Bertz CT molecular complexity index is 2340. The van der Waals surface area contributed by atoms with Gasteiger partial charge in [-0.15, -0.1) is 0 Å². The summed E-state index contributed by atoms with van der Waals surface area (Å²) in [6.45, 7) is 0. The van der Waals surface area contributed by atoms with Gasteiger partial charge in [-0.25, -0.2) is 8.42 Å². The van der Waals surface area contributed by atoms with Crippen LogP contribution in [0.1, 0.15) is 22.3 Å². The molecule has 2 aliphatic rings. The molecular formula is C52H54O8S. The maximum absolute atomic E-state index is 14.5. The smallest absolute Gasteiger partial charge is 0.152 e. The summed E-state index contributed by atoms with van der Waals surface area (Å²) in [5.74, 6) is 1.68. The van der Waals surface area contributed by atoms with E-state index in [1.54, 1.807) is 42.7 Å². The molecule has 9 heteroatoms. The number of hydrogen-bond donors (Lipinski definition) is 0. The maximum atomic E-state index is 14.5. The van der Waals surface area contributed by atoms with E-state index in [0.29, 0.717) is 11.5 Å². The molecule has 61 heavy (non-hydrogen) atoms. The van der Waals surface area contributed by atoms with Crippen molar-refractivity contribution in [1.29, 1.82) is 0 Å². The summed E-state index contributed by atoms with van der Waals surface area (Å²) in [6, 6.07) is 30.9. The zero-order valence-electron chi connectivity index (χ0n) is 35.6. The van der Waals surface area contributed by atoms with Crippen LogP contribution in [-0.4, -0.2) is 73.8 Å². The third-order valence-corrected chi connectivity index (χ3v) is 12.6. The summed E-state index contributed by atoms with van der Waals surface area (Å²) < 4.78 is 63.7. The monoisotopic (exact) mass is 838 g/mol. The highest BCUT2D eigenvalue weighted by Gasteiger charge is 2.34. The second-order valence-corrected chi connectivity index (χ2v) is 16.9. The standard InChI is InChI=1S/C52H54O8S/c1-55-47-19-11-7-15-39(47)23-25-43-35-51(59-5,31-27-41-17-9-13-21-49(41)57-3)33-29-45(43)37-61(53,54)38-46-30-34-52(60-6,32-28-42-18-10-14-22-50(42)58-4)36-44(46)26-24-40-16-8-12-20-48(40)56-2/h7-36,45-46H,37-38H2,1-6H3/b25-23+,26-24+,31-27+,32-28+. The Morgan fingerprint density at radius 3 is 1.08 bits per heavy atom. The van der Waals surface area contributed by atoms with E-state index in [4.69, 9.17) is 28.4 Å². The predicted octanol–water partition coefficient (Wildman–Crippen LogP) is 10.3. The molecule has 0 N–H and O–H groups in total. The Labute approximate surface area is 361 Å². The van der Waals surface area contributed by atoms with Crippen molar-refractivity contribution in [3.63, 3.8) is 0 Å². The number of rotatable bonds is 18. The van der Waals surface area contributed by atoms with Gasteiger partial charge in [-0.1, -0.05) is 121 Å². The lowest BCUT2D eigenvalue weighted by atomic mass is 9.85. The van der Waals surface area contributed by atoms with Gasteiger partial charge in [0.25, 0.3) is 0 Å². The molecule has 8 nitrogen and oxygen atoms in total. The van der Waals surface area contributed by atoms with E-state index in [0.717, 1.165) is 44.9 Å². The number of allylic oxidation sites excluding steroid dienone is 6. The van der Waals surface area contributed by atoms with Crippen LogP contribution in [0.15, 0.2) is 169 Å². The zero-order chi connectivity index (χ0) is 43.3. The molecule has 316 valence electrons. The van der Waals surface area contributed by atoms with Crippen molar-refractivity contribution in [3.8, 4) is 23.0 Å². The van der Waals surface area contributed by atoms with Crippen LogP contribution in [0.2, 0.25) is 0 Å². The molecule has 0 fully saturated rings. The van der Waals surface area contributed by atoms with Crippen molar-refractivity contribution in [2.75, 3.05) is 54.2 Å². The van der Waals surface area contributed by atoms with Crippen molar-refractivity contribution < 1.29 is 36.8 Å². The van der Waals surface area contributed by atoms with E-state index < -0.39 is 32.9 Å². The number of sulfone groups is 1. The molecule has 4 aromatic rings. The average molecular weight is 839 g/mol. The number of hydrogen-bond acceptors (Lipinski definition) is 8. The first-order chi connectivity index (χ1) is 29.6. The van der Waals surface area contributed by atoms with Crippen LogP contribution < -0.4 is 18.9 Å². The van der Waals surface area contributed by atoms with E-state index in [1.165, 1.54) is 0 Å². The molecule has 0 aromatic heterocycles. The lowest BCUT2D eigenvalue weighted by Crippen LogP contribution is -2.32. The fourth-order valence-electron chi connectivity index (χ4n) is 7.47. The Morgan fingerprint density at radius 2 is 0.770 bits per heavy atom. The molecule has 0 aliphatic heterocycles. The first-order valence-electron chi connectivity index (χ1n) is 20.0. The van der Waals surface area contributed by atoms with E-state index in [-0.39, 0.29) is 11.5 Å². The Hall–Kier alpha value is -6.13. The fraction of sp³-hybridized carbons (Fsp3) is 0.231. The Balaban J connectivity index is 1.34. The highest BCUT2D eigenvalue weighted by Crippen LogP contribution is 2.36. The summed E-state index contributed by atoms with van der Waals surface area (Å²) in [6.07, 6.45) is 27.3. The fourth-order valence-corrected chi connectivity index (χ4v) is 9.31. The van der Waals surface area contributed by atoms with Crippen molar-refractivity contribution in [1.82, 2.24) is 0 Å². The highest BCUT2D eigenvalue weighted by atomic mass is 32.2. The van der Waals surface area contributed by atoms with Crippen molar-refractivity contribution in [2.45, 2.75) is 11.2 Å². The lowest BCUT2D eigenvalue weighted by molar-refractivity contribution is 0.113. The number of para-hydroxylation sites is 4. The summed E-state index contributed by atoms with van der Waals surface area (Å²) in [5.41, 5.74) is 3.16. The first kappa shape index (κ1) is 44.4. The second kappa shape index (κ2) is 20.4. The van der Waals surface area contributed by atoms with E-state index in [9.17, 15) is 8.42 Å². The molecule has 0 radical (unpaired) electrons. The molecule has 4 unspecified atom stereocenters. The topological polar surface area (TPSA) is 89.5 Å². The van der Waals surface area contributed by atoms with Crippen molar-refractivity contribution in [3.05, 3.63) is 191 Å². The van der Waals surface area contributed by atoms with Gasteiger partial charge in [-0.3, -0.25) is 0 Å². The summed E-state index contributed by atoms with van der Waals surface area (Å²) in [5, 5.41) is 0. The maximum Gasteiger partial charge on any atom is 0.152 e. The SMILES string of the molecule is COc1ccccc1/C=C/C1=CC(/C=C/c2ccccc2OC)(OC)C=CC1CS(=O)(=O)CC1C=CC(/C=C/c2ccccc2OC)(OC)C=C1/C=C/c1ccccc1OC. The number of ether oxygens (including phenoxy) is 6. The molecule has 0 bridgehead atoms. The molecule has 2 aliphatic carbocycles. The minimum Gasteiger partial charge on any atom is -0.496 e. The van der Waals surface area contributed by atoms with Crippen LogP contribution in [0.3, 0.4) is 0 Å². The van der Waals surface area contributed by atoms with E-state index in [2.05, 4.69) is 0 Å². The molecule has 6 rings (SSSR count). The molecule has 0 saturated carbocycles. The molecule has 0 amide bonds. The average Bonchev–Trinajstić information content (AvgIpc) is 3.30. The van der Waals surface area contributed by atoms with Crippen LogP contribution in [0.4, 0.5) is 0 Å². The molecule has 4 atom stereocenters. The number of methoxy groups -OCH3 is 6. The van der Waals surface area contributed by atoms with Crippen LogP contribution in [0.25, 0.3) is 24.3 Å².